The molecule has 2 nitrogen and oxygen atoms in total. The Bertz CT molecular complexity index is 169. The van der Waals surface area contributed by atoms with E-state index < -0.39 is 0 Å². The van der Waals surface area contributed by atoms with Crippen molar-refractivity contribution < 1.29 is 4.74 Å². The third-order valence-electron chi connectivity index (χ3n) is 3.67. The predicted molar refractivity (Wildman–Crippen MR) is 49.1 cm³/mol. The quantitative estimate of drug-likeness (QED) is 0.619. The molecular weight excluding hydrogens is 150 g/mol. The highest BCUT2D eigenvalue weighted by atomic mass is 16.5. The Morgan fingerprint density at radius 1 is 1.17 bits per heavy atom. The molecule has 4 atom stereocenters. The average Bonchev–Trinajstić information content (AvgIpc) is 2.60. The second kappa shape index (κ2) is 3.00. The Morgan fingerprint density at radius 3 is 2.33 bits per heavy atom. The zero-order chi connectivity index (χ0) is 8.72. The van der Waals surface area contributed by atoms with Crippen molar-refractivity contribution in [3.05, 3.63) is 0 Å². The van der Waals surface area contributed by atoms with Gasteiger partial charge in [0, 0.05) is 13.2 Å². The molecule has 0 aromatic heterocycles. The minimum atomic E-state index is 0.513. The normalized spacial score (nSPS) is 46.0. The Labute approximate surface area is 74.9 Å². The molecule has 2 saturated carbocycles. The van der Waals surface area contributed by atoms with Crippen molar-refractivity contribution >= 4 is 0 Å². The van der Waals surface area contributed by atoms with Crippen LogP contribution in [-0.2, 0) is 4.74 Å². The number of nitrogens with zero attached hydrogens (tertiary/aromatic N) is 1. The topological polar surface area (TPSA) is 12.5 Å². The molecule has 0 unspecified atom stereocenters. The Hall–Kier alpha value is -0.0800. The third kappa shape index (κ3) is 1.09. The number of fused-ring (bicyclic) bond motifs is 2. The van der Waals surface area contributed by atoms with Gasteiger partial charge in [-0.15, -0.1) is 0 Å². The highest BCUT2D eigenvalue weighted by Crippen LogP contribution is 2.47. The van der Waals surface area contributed by atoms with Crippen molar-refractivity contribution in [3.8, 4) is 0 Å². The van der Waals surface area contributed by atoms with E-state index in [4.69, 9.17) is 4.74 Å². The van der Waals surface area contributed by atoms with Crippen LogP contribution in [0.3, 0.4) is 0 Å². The van der Waals surface area contributed by atoms with E-state index >= 15 is 0 Å². The third-order valence-corrected chi connectivity index (χ3v) is 3.67. The molecule has 0 amide bonds. The molecule has 0 saturated heterocycles. The number of likely N-dealkylation sites (N-methyl/N-ethyl adjacent to an activating group) is 1. The van der Waals surface area contributed by atoms with Gasteiger partial charge in [-0.1, -0.05) is 0 Å². The van der Waals surface area contributed by atoms with Crippen LogP contribution in [0.4, 0.5) is 0 Å². The van der Waals surface area contributed by atoms with E-state index in [2.05, 4.69) is 19.0 Å². The van der Waals surface area contributed by atoms with Crippen molar-refractivity contribution in [3.63, 3.8) is 0 Å². The van der Waals surface area contributed by atoms with Crippen LogP contribution in [-0.4, -0.2) is 38.3 Å². The first-order valence-corrected chi connectivity index (χ1v) is 4.93. The van der Waals surface area contributed by atoms with Gasteiger partial charge in [0.15, 0.2) is 0 Å². The SMILES string of the molecule is CO[C@H]1[C@@H]2CC[C@@H](C2)[C@@H]1N(C)C. The molecule has 2 rings (SSSR count). The summed E-state index contributed by atoms with van der Waals surface area (Å²) < 4.78 is 5.58. The van der Waals surface area contributed by atoms with Crippen molar-refractivity contribution in [1.29, 1.82) is 0 Å². The summed E-state index contributed by atoms with van der Waals surface area (Å²) in [7, 11) is 6.22. The van der Waals surface area contributed by atoms with Gasteiger partial charge in [0.25, 0.3) is 0 Å². The van der Waals surface area contributed by atoms with Crippen LogP contribution in [0.15, 0.2) is 0 Å². The van der Waals surface area contributed by atoms with Crippen LogP contribution in [0.1, 0.15) is 19.3 Å². The average molecular weight is 169 g/mol. The lowest BCUT2D eigenvalue weighted by Gasteiger charge is -2.34. The highest BCUT2D eigenvalue weighted by Gasteiger charge is 2.48. The molecule has 2 bridgehead atoms. The fourth-order valence-electron chi connectivity index (χ4n) is 3.26. The van der Waals surface area contributed by atoms with Gasteiger partial charge in [-0.25, -0.2) is 0 Å². The maximum atomic E-state index is 5.58. The van der Waals surface area contributed by atoms with Crippen molar-refractivity contribution in [2.75, 3.05) is 21.2 Å². The summed E-state index contributed by atoms with van der Waals surface area (Å²) in [5.41, 5.74) is 0. The molecule has 12 heavy (non-hydrogen) atoms. The minimum Gasteiger partial charge on any atom is -0.380 e. The van der Waals surface area contributed by atoms with Gasteiger partial charge in [-0.2, -0.15) is 0 Å². The van der Waals surface area contributed by atoms with E-state index in [9.17, 15) is 0 Å². The summed E-state index contributed by atoms with van der Waals surface area (Å²) in [6, 6.07) is 0.689. The monoisotopic (exact) mass is 169 g/mol. The molecule has 0 N–H and O–H groups in total. The second-order valence-electron chi connectivity index (χ2n) is 4.49. The molecule has 0 aromatic carbocycles. The van der Waals surface area contributed by atoms with Gasteiger partial charge in [0.05, 0.1) is 6.10 Å². The van der Waals surface area contributed by atoms with E-state index in [1.807, 2.05) is 7.11 Å². The van der Waals surface area contributed by atoms with E-state index in [1.165, 1.54) is 19.3 Å². The second-order valence-corrected chi connectivity index (χ2v) is 4.49. The van der Waals surface area contributed by atoms with Crippen molar-refractivity contribution in [2.45, 2.75) is 31.4 Å². The van der Waals surface area contributed by atoms with E-state index in [0.717, 1.165) is 11.8 Å². The number of ether oxygens (including phenoxy) is 1. The molecule has 0 aliphatic heterocycles. The van der Waals surface area contributed by atoms with Gasteiger partial charge in [-0.3, -0.25) is 0 Å². The number of hydrogen-bond donors (Lipinski definition) is 0. The Morgan fingerprint density at radius 2 is 1.83 bits per heavy atom. The van der Waals surface area contributed by atoms with E-state index in [1.54, 1.807) is 0 Å². The molecule has 0 spiro atoms. The maximum Gasteiger partial charge on any atom is 0.0757 e. The number of hydrogen-bond acceptors (Lipinski definition) is 2. The van der Waals surface area contributed by atoms with Gasteiger partial charge >= 0.3 is 0 Å². The molecule has 70 valence electrons. The molecular formula is C10H19NO. The van der Waals surface area contributed by atoms with Crippen LogP contribution in [0, 0.1) is 11.8 Å². The molecule has 2 aliphatic carbocycles. The fourth-order valence-corrected chi connectivity index (χ4v) is 3.26. The summed E-state index contributed by atoms with van der Waals surface area (Å²) in [4.78, 5) is 2.35. The lowest BCUT2D eigenvalue weighted by atomic mass is 9.92. The highest BCUT2D eigenvalue weighted by molar-refractivity contribution is 5.01. The smallest absolute Gasteiger partial charge is 0.0757 e. The minimum absolute atomic E-state index is 0.513. The zero-order valence-corrected chi connectivity index (χ0v) is 8.29. The summed E-state index contributed by atoms with van der Waals surface area (Å²) in [5.74, 6) is 1.77. The Kier molecular flexibility index (Phi) is 2.13. The molecule has 0 heterocycles. The summed E-state index contributed by atoms with van der Waals surface area (Å²) >= 11 is 0. The van der Waals surface area contributed by atoms with Crippen LogP contribution >= 0.6 is 0 Å². The first-order valence-electron chi connectivity index (χ1n) is 4.93. The largest absolute Gasteiger partial charge is 0.380 e. The van der Waals surface area contributed by atoms with Crippen LogP contribution in [0.2, 0.25) is 0 Å². The van der Waals surface area contributed by atoms with Crippen LogP contribution in [0.25, 0.3) is 0 Å². The lowest BCUT2D eigenvalue weighted by molar-refractivity contribution is -0.00170. The molecule has 2 fully saturated rings. The first-order chi connectivity index (χ1) is 5.74. The van der Waals surface area contributed by atoms with Gasteiger partial charge in [0.2, 0.25) is 0 Å². The van der Waals surface area contributed by atoms with Crippen molar-refractivity contribution in [2.24, 2.45) is 11.8 Å². The predicted octanol–water partition coefficient (Wildman–Crippen LogP) is 1.36. The fraction of sp³-hybridized carbons (Fsp3) is 1.00. The van der Waals surface area contributed by atoms with Gasteiger partial charge in [0.1, 0.15) is 0 Å². The molecule has 0 aromatic rings. The summed E-state index contributed by atoms with van der Waals surface area (Å²) in [5, 5.41) is 0. The van der Waals surface area contributed by atoms with Gasteiger partial charge < -0.3 is 9.64 Å². The molecule has 2 heteroatoms. The van der Waals surface area contributed by atoms with E-state index in [0.29, 0.717) is 12.1 Å². The lowest BCUT2D eigenvalue weighted by Crippen LogP contribution is -2.44. The molecule has 2 aliphatic rings. The number of methoxy groups -OCH3 is 1. The molecule has 0 radical (unpaired) electrons. The first kappa shape index (κ1) is 8.52. The van der Waals surface area contributed by atoms with E-state index in [-0.39, 0.29) is 0 Å². The van der Waals surface area contributed by atoms with Crippen LogP contribution in [0.5, 0.6) is 0 Å². The Balaban J connectivity index is 2.11. The van der Waals surface area contributed by atoms with Gasteiger partial charge in [-0.05, 0) is 45.2 Å². The number of rotatable bonds is 2. The van der Waals surface area contributed by atoms with Crippen LogP contribution < -0.4 is 0 Å². The standard InChI is InChI=1S/C10H19NO/c1-11(2)9-7-4-5-8(6-7)10(9)12-3/h7-10H,4-6H2,1-3H3/t7-,8+,9-,10-/m0/s1. The van der Waals surface area contributed by atoms with Crippen molar-refractivity contribution in [1.82, 2.24) is 4.90 Å². The zero-order valence-electron chi connectivity index (χ0n) is 8.29. The maximum absolute atomic E-state index is 5.58. The summed E-state index contributed by atoms with van der Waals surface area (Å²) in [6.45, 7) is 0. The summed E-state index contributed by atoms with van der Waals surface area (Å²) in [6.07, 6.45) is 4.74.